The van der Waals surface area contributed by atoms with Crippen LogP contribution >= 0.6 is 0 Å². The number of sulfonamides is 1. The predicted molar refractivity (Wildman–Crippen MR) is 79.2 cm³/mol. The largest absolute Gasteiger partial charge is 0.341 e. The van der Waals surface area contributed by atoms with E-state index in [0.717, 1.165) is 37.6 Å². The van der Waals surface area contributed by atoms with Crippen LogP contribution in [0.25, 0.3) is 0 Å². The number of anilines is 1. The zero-order chi connectivity index (χ0) is 14.8. The van der Waals surface area contributed by atoms with Crippen molar-refractivity contribution in [2.75, 3.05) is 37.8 Å². The number of rotatable bonds is 4. The van der Waals surface area contributed by atoms with Gasteiger partial charge in [-0.1, -0.05) is 0 Å². The van der Waals surface area contributed by atoms with Gasteiger partial charge in [0.1, 0.15) is 0 Å². The van der Waals surface area contributed by atoms with E-state index in [1.165, 1.54) is 10.6 Å². The van der Waals surface area contributed by atoms with Gasteiger partial charge in [0.15, 0.2) is 0 Å². The molecule has 0 atom stereocenters. The molecule has 2 heterocycles. The second-order valence-corrected chi connectivity index (χ2v) is 7.56. The van der Waals surface area contributed by atoms with Crippen molar-refractivity contribution in [2.45, 2.75) is 19.8 Å². The summed E-state index contributed by atoms with van der Waals surface area (Å²) in [6, 6.07) is 1.89. The van der Waals surface area contributed by atoms with E-state index in [4.69, 9.17) is 0 Å². The second-order valence-electron chi connectivity index (χ2n) is 5.47. The molecule has 1 aliphatic heterocycles. The molecule has 0 bridgehead atoms. The summed E-state index contributed by atoms with van der Waals surface area (Å²) in [5, 5.41) is 0. The maximum Gasteiger partial charge on any atom is 0.225 e. The lowest BCUT2D eigenvalue weighted by Crippen LogP contribution is -2.39. The molecule has 0 radical (unpaired) electrons. The van der Waals surface area contributed by atoms with Crippen molar-refractivity contribution in [3.8, 4) is 0 Å². The van der Waals surface area contributed by atoms with Gasteiger partial charge in [-0.2, -0.15) is 0 Å². The van der Waals surface area contributed by atoms with Crippen LogP contribution in [0.1, 0.15) is 18.5 Å². The minimum absolute atomic E-state index is 0.413. The number of hydrogen-bond acceptors (Lipinski definition) is 5. The Morgan fingerprint density at radius 3 is 2.60 bits per heavy atom. The molecule has 1 saturated heterocycles. The summed E-state index contributed by atoms with van der Waals surface area (Å²) in [7, 11) is -1.43. The lowest BCUT2D eigenvalue weighted by Gasteiger charge is -2.33. The van der Waals surface area contributed by atoms with E-state index in [1.807, 2.05) is 13.0 Å². The number of aromatic nitrogens is 2. The van der Waals surface area contributed by atoms with Gasteiger partial charge in [0, 0.05) is 38.6 Å². The molecule has 20 heavy (non-hydrogen) atoms. The van der Waals surface area contributed by atoms with Gasteiger partial charge in [-0.25, -0.2) is 22.7 Å². The smallest absolute Gasteiger partial charge is 0.225 e. The van der Waals surface area contributed by atoms with Crippen LogP contribution < -0.4 is 4.90 Å². The third-order valence-corrected chi connectivity index (χ3v) is 5.04. The Kier molecular flexibility index (Phi) is 4.59. The van der Waals surface area contributed by atoms with Gasteiger partial charge in [-0.05, 0) is 31.7 Å². The van der Waals surface area contributed by atoms with Gasteiger partial charge in [-0.3, -0.25) is 0 Å². The van der Waals surface area contributed by atoms with Crippen LogP contribution in [0, 0.1) is 12.8 Å². The average molecular weight is 298 g/mol. The quantitative estimate of drug-likeness (QED) is 0.826. The molecule has 1 aromatic heterocycles. The minimum atomic E-state index is -3.08. The summed E-state index contributed by atoms with van der Waals surface area (Å²) in [5.74, 6) is 1.19. The summed E-state index contributed by atoms with van der Waals surface area (Å²) in [4.78, 5) is 10.9. The summed E-state index contributed by atoms with van der Waals surface area (Å²) < 4.78 is 24.3. The first kappa shape index (κ1) is 15.2. The van der Waals surface area contributed by atoms with Crippen LogP contribution in [0.5, 0.6) is 0 Å². The first-order valence-electron chi connectivity index (χ1n) is 6.82. The molecule has 0 unspecified atom stereocenters. The Labute approximate surface area is 120 Å². The van der Waals surface area contributed by atoms with E-state index >= 15 is 0 Å². The minimum Gasteiger partial charge on any atom is -0.341 e. The number of aryl methyl sites for hydroxylation is 1. The zero-order valence-corrected chi connectivity index (χ0v) is 13.1. The molecule has 0 N–H and O–H groups in total. The highest BCUT2D eigenvalue weighted by atomic mass is 32.2. The molecule has 1 fully saturated rings. The summed E-state index contributed by atoms with van der Waals surface area (Å²) in [6.45, 7) is 4.32. The first-order chi connectivity index (χ1) is 9.36. The van der Waals surface area contributed by atoms with Crippen LogP contribution in [0.2, 0.25) is 0 Å². The molecule has 7 heteroatoms. The van der Waals surface area contributed by atoms with E-state index in [9.17, 15) is 8.42 Å². The molecule has 0 spiro atoms. The van der Waals surface area contributed by atoms with Gasteiger partial charge < -0.3 is 4.90 Å². The maximum atomic E-state index is 11.4. The van der Waals surface area contributed by atoms with Gasteiger partial charge in [0.25, 0.3) is 0 Å². The molecular formula is C13H22N4O2S. The topological polar surface area (TPSA) is 66.4 Å². The molecular weight excluding hydrogens is 276 g/mol. The third-order valence-electron chi connectivity index (χ3n) is 3.76. The normalized spacial score (nSPS) is 17.7. The van der Waals surface area contributed by atoms with Crippen molar-refractivity contribution < 1.29 is 8.42 Å². The highest BCUT2D eigenvalue weighted by molar-refractivity contribution is 7.88. The zero-order valence-electron chi connectivity index (χ0n) is 12.3. The Balaban J connectivity index is 1.90. The Morgan fingerprint density at radius 1 is 1.40 bits per heavy atom. The molecule has 1 aliphatic rings. The number of piperidine rings is 1. The van der Waals surface area contributed by atoms with Crippen molar-refractivity contribution in [1.82, 2.24) is 14.3 Å². The van der Waals surface area contributed by atoms with E-state index in [1.54, 1.807) is 13.2 Å². The molecule has 6 nitrogen and oxygen atoms in total. The first-order valence-corrected chi connectivity index (χ1v) is 8.67. The highest BCUT2D eigenvalue weighted by Crippen LogP contribution is 2.21. The molecule has 112 valence electrons. The van der Waals surface area contributed by atoms with Crippen LogP contribution in [-0.4, -0.2) is 55.6 Å². The molecule has 0 aliphatic carbocycles. The average Bonchev–Trinajstić information content (AvgIpc) is 2.38. The van der Waals surface area contributed by atoms with Crippen LogP contribution in [0.4, 0.5) is 5.95 Å². The summed E-state index contributed by atoms with van der Waals surface area (Å²) >= 11 is 0. The van der Waals surface area contributed by atoms with Crippen molar-refractivity contribution in [3.05, 3.63) is 18.0 Å². The van der Waals surface area contributed by atoms with Gasteiger partial charge in [0.2, 0.25) is 16.0 Å². The molecule has 1 aromatic rings. The van der Waals surface area contributed by atoms with Crippen molar-refractivity contribution in [3.63, 3.8) is 0 Å². The van der Waals surface area contributed by atoms with Crippen LogP contribution in [-0.2, 0) is 10.0 Å². The second kappa shape index (κ2) is 6.05. The van der Waals surface area contributed by atoms with Gasteiger partial charge in [0.05, 0.1) is 6.26 Å². The number of hydrogen-bond donors (Lipinski definition) is 0. The maximum absolute atomic E-state index is 11.4. The molecule has 0 saturated carbocycles. The molecule has 0 amide bonds. The van der Waals surface area contributed by atoms with E-state index in [2.05, 4.69) is 14.9 Å². The molecule has 0 aromatic carbocycles. The lowest BCUT2D eigenvalue weighted by atomic mass is 9.97. The highest BCUT2D eigenvalue weighted by Gasteiger charge is 2.24. The number of nitrogens with zero attached hydrogens (tertiary/aromatic N) is 4. The van der Waals surface area contributed by atoms with Crippen molar-refractivity contribution in [1.29, 1.82) is 0 Å². The monoisotopic (exact) mass is 298 g/mol. The van der Waals surface area contributed by atoms with Crippen molar-refractivity contribution >= 4 is 16.0 Å². The lowest BCUT2D eigenvalue weighted by molar-refractivity contribution is 0.328. The fourth-order valence-corrected chi connectivity index (χ4v) is 2.88. The Bertz CT molecular complexity index is 553. The van der Waals surface area contributed by atoms with Gasteiger partial charge >= 0.3 is 0 Å². The fourth-order valence-electron chi connectivity index (χ4n) is 2.40. The van der Waals surface area contributed by atoms with Crippen LogP contribution in [0.15, 0.2) is 12.3 Å². The predicted octanol–water partition coefficient (Wildman–Crippen LogP) is 0.893. The van der Waals surface area contributed by atoms with Gasteiger partial charge in [-0.15, -0.1) is 0 Å². The summed E-state index contributed by atoms with van der Waals surface area (Å²) in [6.07, 6.45) is 4.97. The standard InChI is InChI=1S/C13H22N4O2S/c1-11-4-7-14-13(15-11)17-8-5-12(6-9-17)10-16(2)20(3,18)19/h4,7,12H,5-6,8-10H2,1-3H3. The Morgan fingerprint density at radius 2 is 2.05 bits per heavy atom. The fraction of sp³-hybridized carbons (Fsp3) is 0.692. The Hall–Kier alpha value is -1.21. The third kappa shape index (κ3) is 3.89. The van der Waals surface area contributed by atoms with E-state index in [0.29, 0.717) is 12.5 Å². The van der Waals surface area contributed by atoms with E-state index in [-0.39, 0.29) is 0 Å². The summed E-state index contributed by atoms with van der Waals surface area (Å²) in [5.41, 5.74) is 0.967. The SMILES string of the molecule is Cc1ccnc(N2CCC(CN(C)S(C)(=O)=O)CC2)n1. The van der Waals surface area contributed by atoms with E-state index < -0.39 is 10.0 Å². The van der Waals surface area contributed by atoms with Crippen LogP contribution in [0.3, 0.4) is 0 Å². The molecule has 2 rings (SSSR count). The van der Waals surface area contributed by atoms with Crippen molar-refractivity contribution in [2.24, 2.45) is 5.92 Å².